The van der Waals surface area contributed by atoms with Gasteiger partial charge in [-0.05, 0) is 25.6 Å². The van der Waals surface area contributed by atoms with E-state index in [9.17, 15) is 4.79 Å². The molecule has 4 nitrogen and oxygen atoms in total. The normalized spacial score (nSPS) is 29.8. The van der Waals surface area contributed by atoms with Gasteiger partial charge >= 0.3 is 0 Å². The van der Waals surface area contributed by atoms with Gasteiger partial charge in [-0.3, -0.25) is 9.69 Å². The summed E-state index contributed by atoms with van der Waals surface area (Å²) >= 11 is 0. The van der Waals surface area contributed by atoms with Crippen molar-refractivity contribution in [3.05, 3.63) is 30.3 Å². The minimum absolute atomic E-state index is 0.0434. The lowest BCUT2D eigenvalue weighted by atomic mass is 9.57. The summed E-state index contributed by atoms with van der Waals surface area (Å²) in [7, 11) is 2.05. The number of ether oxygens (including phenoxy) is 1. The molecule has 0 radical (unpaired) electrons. The minimum atomic E-state index is 0.0434. The maximum Gasteiger partial charge on any atom is 0.238 e. The van der Waals surface area contributed by atoms with E-state index in [4.69, 9.17) is 4.74 Å². The van der Waals surface area contributed by atoms with Gasteiger partial charge in [-0.1, -0.05) is 32.0 Å². The van der Waals surface area contributed by atoms with Crippen molar-refractivity contribution < 1.29 is 9.53 Å². The van der Waals surface area contributed by atoms with E-state index in [0.29, 0.717) is 24.6 Å². The maximum atomic E-state index is 12.2. The number of carbonyl (C=O) groups is 1. The number of amides is 1. The highest BCUT2D eigenvalue weighted by Crippen LogP contribution is 2.54. The van der Waals surface area contributed by atoms with Crippen molar-refractivity contribution >= 4 is 11.6 Å². The van der Waals surface area contributed by atoms with E-state index in [1.165, 1.54) is 0 Å². The van der Waals surface area contributed by atoms with Crippen LogP contribution >= 0.6 is 0 Å². The molecule has 1 saturated carbocycles. The average molecular weight is 288 g/mol. The predicted octanol–water partition coefficient (Wildman–Crippen LogP) is 2.37. The number of nitrogens with zero attached hydrogens (tertiary/aromatic N) is 1. The molecule has 1 aliphatic heterocycles. The highest BCUT2D eigenvalue weighted by atomic mass is 16.5. The van der Waals surface area contributed by atoms with E-state index < -0.39 is 0 Å². The first-order chi connectivity index (χ1) is 10.00. The Bertz CT molecular complexity index is 515. The van der Waals surface area contributed by atoms with E-state index >= 15 is 0 Å². The number of carbonyl (C=O) groups excluding carboxylic acids is 1. The fourth-order valence-electron chi connectivity index (χ4n) is 4.24. The van der Waals surface area contributed by atoms with Gasteiger partial charge in [0.1, 0.15) is 0 Å². The van der Waals surface area contributed by atoms with Crippen LogP contribution in [0.2, 0.25) is 0 Å². The van der Waals surface area contributed by atoms with E-state index in [1.54, 1.807) is 0 Å². The van der Waals surface area contributed by atoms with E-state index in [2.05, 4.69) is 24.1 Å². The third-order valence-corrected chi connectivity index (χ3v) is 4.96. The minimum Gasteiger partial charge on any atom is -0.377 e. The Balaban J connectivity index is 1.59. The second-order valence-corrected chi connectivity index (χ2v) is 6.84. The van der Waals surface area contributed by atoms with Crippen LogP contribution in [0.4, 0.5) is 5.69 Å². The Kier molecular flexibility index (Phi) is 3.76. The molecule has 4 heteroatoms. The second kappa shape index (κ2) is 5.43. The molecule has 114 valence electrons. The lowest BCUT2D eigenvalue weighted by Crippen LogP contribution is -2.66. The van der Waals surface area contributed by atoms with Gasteiger partial charge in [-0.2, -0.15) is 0 Å². The summed E-state index contributed by atoms with van der Waals surface area (Å²) in [5.41, 5.74) is 0.981. The summed E-state index contributed by atoms with van der Waals surface area (Å²) in [4.78, 5) is 14.4. The number of benzene rings is 1. The fraction of sp³-hybridized carbons (Fsp3) is 0.588. The molecule has 2 fully saturated rings. The van der Waals surface area contributed by atoms with E-state index in [-0.39, 0.29) is 11.3 Å². The molecule has 3 atom stereocenters. The fourth-order valence-corrected chi connectivity index (χ4v) is 4.24. The first-order valence-corrected chi connectivity index (χ1v) is 7.67. The van der Waals surface area contributed by atoms with Gasteiger partial charge in [0.25, 0.3) is 0 Å². The molecular formula is C17H24N2O2. The molecule has 1 N–H and O–H groups in total. The number of hydrogen-bond acceptors (Lipinski definition) is 3. The van der Waals surface area contributed by atoms with Crippen LogP contribution in [0, 0.1) is 11.3 Å². The maximum absolute atomic E-state index is 12.2. The zero-order valence-corrected chi connectivity index (χ0v) is 13.0. The second-order valence-electron chi connectivity index (χ2n) is 6.84. The SMILES string of the molecule is CN(CC(=O)Nc1ccccc1)C1C2CCOC2C1(C)C. The Labute approximate surface area is 126 Å². The monoisotopic (exact) mass is 288 g/mol. The number of rotatable bonds is 4. The number of hydrogen-bond donors (Lipinski definition) is 1. The van der Waals surface area contributed by atoms with Crippen molar-refractivity contribution in [3.8, 4) is 0 Å². The molecule has 0 bridgehead atoms. The third-order valence-electron chi connectivity index (χ3n) is 4.96. The molecule has 21 heavy (non-hydrogen) atoms. The van der Waals surface area contributed by atoms with Crippen molar-refractivity contribution in [2.24, 2.45) is 11.3 Å². The predicted molar refractivity (Wildman–Crippen MR) is 83.1 cm³/mol. The van der Waals surface area contributed by atoms with Gasteiger partial charge in [0.15, 0.2) is 0 Å². The Morgan fingerprint density at radius 1 is 1.38 bits per heavy atom. The van der Waals surface area contributed by atoms with Crippen LogP contribution in [-0.4, -0.2) is 43.2 Å². The van der Waals surface area contributed by atoms with E-state index in [1.807, 2.05) is 37.4 Å². The molecule has 0 aromatic heterocycles. The molecule has 3 unspecified atom stereocenters. The van der Waals surface area contributed by atoms with Crippen LogP contribution in [0.1, 0.15) is 20.3 Å². The quantitative estimate of drug-likeness (QED) is 0.925. The summed E-state index contributed by atoms with van der Waals surface area (Å²) in [5, 5.41) is 2.95. The standard InChI is InChI=1S/C17H24N2O2/c1-17(2)15(13-9-10-21-16(13)17)19(3)11-14(20)18-12-7-5-4-6-8-12/h4-8,13,15-16H,9-11H2,1-3H3,(H,18,20). The van der Waals surface area contributed by atoms with Gasteiger partial charge in [0.2, 0.25) is 5.91 Å². The summed E-state index contributed by atoms with van der Waals surface area (Å²) in [6.45, 7) is 5.77. The number of nitrogens with one attached hydrogen (secondary N) is 1. The van der Waals surface area contributed by atoms with Gasteiger partial charge in [-0.15, -0.1) is 0 Å². The van der Waals surface area contributed by atoms with Gasteiger partial charge in [-0.25, -0.2) is 0 Å². The molecule has 3 rings (SSSR count). The molecule has 1 amide bonds. The average Bonchev–Trinajstić information content (AvgIpc) is 2.85. The molecule has 0 spiro atoms. The summed E-state index contributed by atoms with van der Waals surface area (Å²) < 4.78 is 5.82. The Morgan fingerprint density at radius 2 is 2.10 bits per heavy atom. The highest BCUT2D eigenvalue weighted by Gasteiger charge is 2.60. The number of anilines is 1. The van der Waals surface area contributed by atoms with Crippen molar-refractivity contribution in [3.63, 3.8) is 0 Å². The smallest absolute Gasteiger partial charge is 0.238 e. The number of fused-ring (bicyclic) bond motifs is 1. The van der Waals surface area contributed by atoms with Crippen molar-refractivity contribution in [1.82, 2.24) is 4.90 Å². The largest absolute Gasteiger partial charge is 0.377 e. The lowest BCUT2D eigenvalue weighted by molar-refractivity contribution is -0.152. The van der Waals surface area contributed by atoms with Crippen LogP contribution < -0.4 is 5.32 Å². The van der Waals surface area contributed by atoms with Crippen molar-refractivity contribution in [2.75, 3.05) is 25.5 Å². The summed E-state index contributed by atoms with van der Waals surface area (Å²) in [6.07, 6.45) is 1.48. The molecule has 2 aliphatic rings. The van der Waals surface area contributed by atoms with Crippen LogP contribution in [0.5, 0.6) is 0 Å². The third kappa shape index (κ3) is 2.58. The summed E-state index contributed by atoms with van der Waals surface area (Å²) in [5.74, 6) is 0.622. The number of likely N-dealkylation sites (N-methyl/N-ethyl adjacent to an activating group) is 1. The lowest BCUT2D eigenvalue weighted by Gasteiger charge is -2.57. The zero-order valence-electron chi connectivity index (χ0n) is 13.0. The van der Waals surface area contributed by atoms with Crippen LogP contribution in [0.25, 0.3) is 0 Å². The van der Waals surface area contributed by atoms with Gasteiger partial charge in [0.05, 0.1) is 12.6 Å². The van der Waals surface area contributed by atoms with Crippen molar-refractivity contribution in [2.45, 2.75) is 32.4 Å². The first-order valence-electron chi connectivity index (χ1n) is 7.67. The molecule has 1 aromatic carbocycles. The zero-order chi connectivity index (χ0) is 15.0. The van der Waals surface area contributed by atoms with Crippen LogP contribution in [-0.2, 0) is 9.53 Å². The molecule has 1 heterocycles. The van der Waals surface area contributed by atoms with Crippen LogP contribution in [0.3, 0.4) is 0 Å². The molecule has 1 saturated heterocycles. The van der Waals surface area contributed by atoms with Crippen LogP contribution in [0.15, 0.2) is 30.3 Å². The highest BCUT2D eigenvalue weighted by molar-refractivity contribution is 5.92. The van der Waals surface area contributed by atoms with Gasteiger partial charge in [0, 0.05) is 29.7 Å². The first kappa shape index (κ1) is 14.5. The molecule has 1 aliphatic carbocycles. The topological polar surface area (TPSA) is 41.6 Å². The van der Waals surface area contributed by atoms with E-state index in [0.717, 1.165) is 18.7 Å². The summed E-state index contributed by atoms with van der Waals surface area (Å²) in [6, 6.07) is 10.0. The van der Waals surface area contributed by atoms with Gasteiger partial charge < -0.3 is 10.1 Å². The molecule has 1 aromatic rings. The molecular weight excluding hydrogens is 264 g/mol. The van der Waals surface area contributed by atoms with Crippen molar-refractivity contribution in [1.29, 1.82) is 0 Å². The Hall–Kier alpha value is -1.39. The number of para-hydroxylation sites is 1. The Morgan fingerprint density at radius 3 is 2.81 bits per heavy atom.